The summed E-state index contributed by atoms with van der Waals surface area (Å²) in [6.07, 6.45) is 8.80. The molecule has 1 saturated carbocycles. The summed E-state index contributed by atoms with van der Waals surface area (Å²) in [5.74, 6) is -0.648. The van der Waals surface area contributed by atoms with E-state index in [9.17, 15) is 9.36 Å². The van der Waals surface area contributed by atoms with E-state index in [2.05, 4.69) is 46.1 Å². The van der Waals surface area contributed by atoms with Crippen LogP contribution < -0.4 is 0 Å². The molecule has 0 aromatic carbocycles. The Morgan fingerprint density at radius 1 is 1.06 bits per heavy atom. The maximum absolute atomic E-state index is 13.8. The molecule has 0 unspecified atom stereocenters. The van der Waals surface area contributed by atoms with Gasteiger partial charge in [0.25, 0.3) is 0 Å². The molecule has 0 amide bonds. The number of rotatable bonds is 14. The van der Waals surface area contributed by atoms with Gasteiger partial charge in [0.2, 0.25) is 0 Å². The van der Waals surface area contributed by atoms with Gasteiger partial charge in [-0.15, -0.1) is 0 Å². The summed E-state index contributed by atoms with van der Waals surface area (Å²) in [5.41, 5.74) is 4.53. The number of allylic oxidation sites excluding steroid dienone is 6. The zero-order valence-corrected chi connectivity index (χ0v) is 21.9. The quantitative estimate of drug-likeness (QED) is 0.150. The van der Waals surface area contributed by atoms with Gasteiger partial charge in [-0.05, 0) is 80.1 Å². The van der Waals surface area contributed by atoms with E-state index < -0.39 is 18.7 Å². The van der Waals surface area contributed by atoms with Crippen LogP contribution in [0.4, 0.5) is 0 Å². The third-order valence-electron chi connectivity index (χ3n) is 5.87. The molecule has 0 bridgehead atoms. The summed E-state index contributed by atoms with van der Waals surface area (Å²) in [7, 11) is -3.75. The third kappa shape index (κ3) is 7.30. The van der Waals surface area contributed by atoms with Gasteiger partial charge < -0.3 is 13.8 Å². The van der Waals surface area contributed by atoms with E-state index in [4.69, 9.17) is 13.8 Å². The maximum Gasteiger partial charge on any atom is 0.348 e. The lowest BCUT2D eigenvalue weighted by Gasteiger charge is -2.33. The zero-order chi connectivity index (χ0) is 24.4. The number of esters is 1. The Morgan fingerprint density at radius 2 is 1.66 bits per heavy atom. The largest absolute Gasteiger partial charge is 0.465 e. The van der Waals surface area contributed by atoms with Crippen molar-refractivity contribution in [3.8, 4) is 0 Å². The van der Waals surface area contributed by atoms with E-state index in [1.807, 2.05) is 0 Å². The van der Waals surface area contributed by atoms with Crippen LogP contribution in [0.3, 0.4) is 0 Å². The fourth-order valence-corrected chi connectivity index (χ4v) is 6.56. The van der Waals surface area contributed by atoms with E-state index >= 15 is 0 Å². The highest BCUT2D eigenvalue weighted by atomic mass is 31.2. The van der Waals surface area contributed by atoms with Gasteiger partial charge in [-0.3, -0.25) is 9.36 Å². The standard InChI is InChI=1S/C26H43O5P/c1-9-29-25(27)26(32(28,30-10-2)31-11-3)18-23(8)24(19-26)22(7)17-13-16-21(6)15-12-14-20(4)5/h14,16,24H,7-13,15,17-19H2,1-6H3/b21-16+/t24-,26+/m0/s1. The van der Waals surface area contributed by atoms with Crippen molar-refractivity contribution < 1.29 is 23.1 Å². The van der Waals surface area contributed by atoms with Gasteiger partial charge in [0.05, 0.1) is 19.8 Å². The summed E-state index contributed by atoms with van der Waals surface area (Å²) in [6.45, 7) is 20.7. The second-order valence-corrected chi connectivity index (χ2v) is 11.1. The Labute approximate surface area is 195 Å². The highest BCUT2D eigenvalue weighted by molar-refractivity contribution is 7.56. The highest BCUT2D eigenvalue weighted by Gasteiger charge is 2.62. The minimum absolute atomic E-state index is 0.118. The summed E-state index contributed by atoms with van der Waals surface area (Å²) >= 11 is 0. The monoisotopic (exact) mass is 466 g/mol. The van der Waals surface area contributed by atoms with Crippen LogP contribution in [-0.2, 0) is 23.1 Å². The Morgan fingerprint density at radius 3 is 2.19 bits per heavy atom. The van der Waals surface area contributed by atoms with Crippen LogP contribution in [0.1, 0.15) is 80.1 Å². The number of hydrogen-bond acceptors (Lipinski definition) is 5. The molecule has 0 radical (unpaired) electrons. The lowest BCUT2D eigenvalue weighted by atomic mass is 9.91. The first kappa shape index (κ1) is 28.6. The normalized spacial score (nSPS) is 21.5. The van der Waals surface area contributed by atoms with E-state index in [-0.39, 0.29) is 32.2 Å². The molecule has 0 N–H and O–H groups in total. The van der Waals surface area contributed by atoms with Crippen LogP contribution in [-0.4, -0.2) is 30.9 Å². The Hall–Kier alpha value is -1.42. The molecule has 2 atom stereocenters. The van der Waals surface area contributed by atoms with E-state index in [1.54, 1.807) is 20.8 Å². The molecule has 32 heavy (non-hydrogen) atoms. The number of carbonyl (C=O) groups excluding carboxylic acids is 1. The summed E-state index contributed by atoms with van der Waals surface area (Å²) in [4.78, 5) is 13.1. The molecule has 0 aliphatic heterocycles. The number of hydrogen-bond donors (Lipinski definition) is 0. The maximum atomic E-state index is 13.8. The van der Waals surface area contributed by atoms with E-state index in [0.717, 1.165) is 36.8 Å². The molecule has 0 heterocycles. The molecule has 1 aliphatic carbocycles. The second-order valence-electron chi connectivity index (χ2n) is 8.74. The fourth-order valence-electron chi connectivity index (χ4n) is 4.22. The predicted molar refractivity (Wildman–Crippen MR) is 133 cm³/mol. The van der Waals surface area contributed by atoms with Crippen LogP contribution in [0, 0.1) is 5.92 Å². The molecule has 1 fully saturated rings. The van der Waals surface area contributed by atoms with Crippen molar-refractivity contribution >= 4 is 13.6 Å². The van der Waals surface area contributed by atoms with Gasteiger partial charge in [-0.1, -0.05) is 47.6 Å². The molecule has 1 rings (SSSR count). The predicted octanol–water partition coefficient (Wildman–Crippen LogP) is 7.55. The smallest absolute Gasteiger partial charge is 0.348 e. The number of ether oxygens (including phenoxy) is 1. The van der Waals surface area contributed by atoms with Crippen LogP contribution in [0.5, 0.6) is 0 Å². The van der Waals surface area contributed by atoms with Gasteiger partial charge in [-0.2, -0.15) is 0 Å². The van der Waals surface area contributed by atoms with Crippen molar-refractivity contribution in [2.75, 3.05) is 19.8 Å². The molecule has 1 aliphatic rings. The molecule has 0 aromatic heterocycles. The summed E-state index contributed by atoms with van der Waals surface area (Å²) in [5, 5.41) is -1.37. The van der Waals surface area contributed by atoms with Crippen molar-refractivity contribution in [3.63, 3.8) is 0 Å². The SMILES string of the molecule is C=C(CC/C=C(\C)CCC=C(C)C)[C@@H]1C[C@](C(=O)OCC)(P(=O)(OCC)OCC)CC1=C. The molecule has 5 nitrogen and oxygen atoms in total. The van der Waals surface area contributed by atoms with Crippen LogP contribution in [0.15, 0.2) is 47.6 Å². The van der Waals surface area contributed by atoms with Crippen LogP contribution in [0.25, 0.3) is 0 Å². The topological polar surface area (TPSA) is 61.8 Å². The fraction of sp³-hybridized carbons (Fsp3) is 0.654. The summed E-state index contributed by atoms with van der Waals surface area (Å²) < 4.78 is 30.4. The molecule has 0 aromatic rings. The third-order valence-corrected chi connectivity index (χ3v) is 8.64. The number of carbonyl (C=O) groups is 1. The molecular weight excluding hydrogens is 423 g/mol. The molecule has 6 heteroatoms. The van der Waals surface area contributed by atoms with Gasteiger partial charge in [0, 0.05) is 5.92 Å². The van der Waals surface area contributed by atoms with Crippen molar-refractivity contribution in [3.05, 3.63) is 47.6 Å². The van der Waals surface area contributed by atoms with Crippen molar-refractivity contribution in [1.82, 2.24) is 0 Å². The van der Waals surface area contributed by atoms with E-state index in [1.165, 1.54) is 11.1 Å². The average molecular weight is 467 g/mol. The molecular formula is C26H43O5P. The van der Waals surface area contributed by atoms with Gasteiger partial charge >= 0.3 is 13.6 Å². The molecule has 0 spiro atoms. The van der Waals surface area contributed by atoms with Crippen molar-refractivity contribution in [2.24, 2.45) is 5.92 Å². The first-order valence-electron chi connectivity index (χ1n) is 11.8. The first-order chi connectivity index (χ1) is 15.1. The summed E-state index contributed by atoms with van der Waals surface area (Å²) in [6, 6.07) is 0. The first-order valence-corrected chi connectivity index (χ1v) is 13.3. The lowest BCUT2D eigenvalue weighted by Crippen LogP contribution is -2.39. The van der Waals surface area contributed by atoms with Gasteiger partial charge in [0.15, 0.2) is 5.16 Å². The Bertz CT molecular complexity index is 765. The Kier molecular flexibility index (Phi) is 11.9. The van der Waals surface area contributed by atoms with E-state index in [0.29, 0.717) is 6.42 Å². The van der Waals surface area contributed by atoms with Gasteiger partial charge in [-0.25, -0.2) is 0 Å². The zero-order valence-electron chi connectivity index (χ0n) is 21.0. The van der Waals surface area contributed by atoms with Gasteiger partial charge in [0.1, 0.15) is 0 Å². The average Bonchev–Trinajstić information content (AvgIpc) is 3.07. The van der Waals surface area contributed by atoms with Crippen molar-refractivity contribution in [2.45, 2.75) is 85.2 Å². The molecule has 0 saturated heterocycles. The molecule has 182 valence electrons. The highest BCUT2D eigenvalue weighted by Crippen LogP contribution is 2.68. The lowest BCUT2D eigenvalue weighted by molar-refractivity contribution is -0.147. The minimum Gasteiger partial charge on any atom is -0.465 e. The Balaban J connectivity index is 2.99. The van der Waals surface area contributed by atoms with Crippen molar-refractivity contribution in [1.29, 1.82) is 0 Å². The van der Waals surface area contributed by atoms with Crippen LogP contribution in [0.2, 0.25) is 0 Å². The second kappa shape index (κ2) is 13.3. The van der Waals surface area contributed by atoms with Crippen LogP contribution >= 0.6 is 7.60 Å². The minimum atomic E-state index is -3.75.